The number of rotatable bonds is 1. The summed E-state index contributed by atoms with van der Waals surface area (Å²) in [4.78, 5) is 0. The van der Waals surface area contributed by atoms with Crippen molar-refractivity contribution in [2.24, 2.45) is 28.1 Å². The summed E-state index contributed by atoms with van der Waals surface area (Å²) >= 11 is 0. The summed E-state index contributed by atoms with van der Waals surface area (Å²) in [5, 5.41) is 10.6. The van der Waals surface area contributed by atoms with Crippen LogP contribution in [0, 0.1) is 28.1 Å². The van der Waals surface area contributed by atoms with Crippen LogP contribution < -0.4 is 0 Å². The first-order valence-corrected chi connectivity index (χ1v) is 8.00. The first-order valence-electron chi connectivity index (χ1n) is 8.00. The van der Waals surface area contributed by atoms with Gasteiger partial charge in [0.1, 0.15) is 0 Å². The average Bonchev–Trinajstić information content (AvgIpc) is 2.65. The molecule has 3 aliphatic carbocycles. The molecule has 1 nitrogen and oxygen atoms in total. The number of hydrogen-bond donors (Lipinski definition) is 1. The minimum atomic E-state index is -0.0526. The van der Waals surface area contributed by atoms with E-state index in [0.717, 1.165) is 18.3 Å². The smallest absolute Gasteiger partial charge is 0.0596 e. The Morgan fingerprint density at radius 1 is 0.944 bits per heavy atom. The molecular weight excluding hydrogens is 220 g/mol. The molecule has 3 saturated carbocycles. The molecule has 3 aliphatic rings. The van der Waals surface area contributed by atoms with Gasteiger partial charge in [0.25, 0.3) is 0 Å². The fourth-order valence-corrected chi connectivity index (χ4v) is 5.95. The maximum absolute atomic E-state index is 10.6. The van der Waals surface area contributed by atoms with Crippen molar-refractivity contribution in [3.05, 3.63) is 0 Å². The molecule has 0 radical (unpaired) electrons. The number of aliphatic hydroxyl groups is 1. The molecule has 1 N–H and O–H groups in total. The third-order valence-corrected chi connectivity index (χ3v) is 7.79. The predicted molar refractivity (Wildman–Crippen MR) is 75.3 cm³/mol. The first kappa shape index (κ1) is 13.0. The molecule has 0 heterocycles. The zero-order valence-corrected chi connectivity index (χ0v) is 12.6. The van der Waals surface area contributed by atoms with Gasteiger partial charge in [-0.3, -0.25) is 0 Å². The Morgan fingerprint density at radius 3 is 2.17 bits per heavy atom. The van der Waals surface area contributed by atoms with Crippen molar-refractivity contribution in [3.8, 4) is 0 Å². The second kappa shape index (κ2) is 3.75. The summed E-state index contributed by atoms with van der Waals surface area (Å²) < 4.78 is 0. The average molecular weight is 250 g/mol. The Morgan fingerprint density at radius 2 is 1.67 bits per heavy atom. The van der Waals surface area contributed by atoms with Gasteiger partial charge in [0.05, 0.1) is 6.10 Å². The standard InChI is InChI=1S/C17H30O/c1-15(2)12-8-10-17(15,4)13(11-12)16(3)9-6-5-7-14(16)18/h12-14,18H,5-11H2,1-4H3/t12-,13+,14?,16?,17+/m1/s1. The van der Waals surface area contributed by atoms with E-state index in [9.17, 15) is 5.11 Å². The molecule has 0 aliphatic heterocycles. The SMILES string of the molecule is CC1([C@@H]2C[C@H]3CC[C@]2(C)C3(C)C)CCCCC1O. The van der Waals surface area contributed by atoms with E-state index in [1.54, 1.807) is 0 Å². The minimum Gasteiger partial charge on any atom is -0.393 e. The van der Waals surface area contributed by atoms with E-state index in [4.69, 9.17) is 0 Å². The first-order chi connectivity index (χ1) is 8.32. The van der Waals surface area contributed by atoms with E-state index < -0.39 is 0 Å². The summed E-state index contributed by atoms with van der Waals surface area (Å²) in [6.45, 7) is 9.90. The van der Waals surface area contributed by atoms with Crippen molar-refractivity contribution in [2.45, 2.75) is 78.7 Å². The lowest BCUT2D eigenvalue weighted by atomic mass is 9.54. The summed E-state index contributed by atoms with van der Waals surface area (Å²) in [7, 11) is 0. The maximum atomic E-state index is 10.6. The van der Waals surface area contributed by atoms with Crippen molar-refractivity contribution >= 4 is 0 Å². The van der Waals surface area contributed by atoms with E-state index in [-0.39, 0.29) is 11.5 Å². The normalized spacial score (nSPS) is 54.8. The highest BCUT2D eigenvalue weighted by atomic mass is 16.3. The van der Waals surface area contributed by atoms with E-state index in [1.165, 1.54) is 38.5 Å². The molecule has 0 saturated heterocycles. The molecule has 18 heavy (non-hydrogen) atoms. The maximum Gasteiger partial charge on any atom is 0.0596 e. The molecule has 0 spiro atoms. The van der Waals surface area contributed by atoms with Gasteiger partial charge in [-0.1, -0.05) is 40.5 Å². The van der Waals surface area contributed by atoms with Crippen molar-refractivity contribution < 1.29 is 5.11 Å². The van der Waals surface area contributed by atoms with Crippen LogP contribution >= 0.6 is 0 Å². The Bertz CT molecular complexity index is 348. The van der Waals surface area contributed by atoms with Gasteiger partial charge in [0.2, 0.25) is 0 Å². The van der Waals surface area contributed by atoms with E-state index in [1.807, 2.05) is 0 Å². The highest BCUT2D eigenvalue weighted by molar-refractivity contribution is 5.14. The fourth-order valence-electron chi connectivity index (χ4n) is 5.95. The fraction of sp³-hybridized carbons (Fsp3) is 1.00. The van der Waals surface area contributed by atoms with Gasteiger partial charge in [-0.15, -0.1) is 0 Å². The number of hydrogen-bond acceptors (Lipinski definition) is 1. The van der Waals surface area contributed by atoms with Crippen LogP contribution in [0.2, 0.25) is 0 Å². The zero-order valence-electron chi connectivity index (χ0n) is 12.6. The third-order valence-electron chi connectivity index (χ3n) is 7.79. The van der Waals surface area contributed by atoms with Gasteiger partial charge < -0.3 is 5.11 Å². The second-order valence-electron chi connectivity index (χ2n) is 8.43. The van der Waals surface area contributed by atoms with Crippen LogP contribution in [0.5, 0.6) is 0 Å². The van der Waals surface area contributed by atoms with Crippen molar-refractivity contribution in [1.82, 2.24) is 0 Å². The molecule has 3 fully saturated rings. The summed E-state index contributed by atoms with van der Waals surface area (Å²) in [5.74, 6) is 1.65. The van der Waals surface area contributed by atoms with Crippen LogP contribution in [0.3, 0.4) is 0 Å². The molecule has 0 aromatic rings. The largest absolute Gasteiger partial charge is 0.393 e. The van der Waals surface area contributed by atoms with Gasteiger partial charge in [-0.25, -0.2) is 0 Å². The van der Waals surface area contributed by atoms with Gasteiger partial charge in [-0.2, -0.15) is 0 Å². The Balaban J connectivity index is 1.95. The third kappa shape index (κ3) is 1.38. The lowest BCUT2D eigenvalue weighted by molar-refractivity contribution is -0.0885. The summed E-state index contributed by atoms with van der Waals surface area (Å²) in [5.41, 5.74) is 1.14. The van der Waals surface area contributed by atoms with E-state index in [0.29, 0.717) is 10.8 Å². The summed E-state index contributed by atoms with van der Waals surface area (Å²) in [6.07, 6.45) is 8.97. The van der Waals surface area contributed by atoms with Crippen LogP contribution in [0.4, 0.5) is 0 Å². The van der Waals surface area contributed by atoms with Crippen LogP contribution in [0.1, 0.15) is 72.6 Å². The van der Waals surface area contributed by atoms with Crippen molar-refractivity contribution in [1.29, 1.82) is 0 Å². The van der Waals surface area contributed by atoms with Crippen LogP contribution in [0.25, 0.3) is 0 Å². The molecular formula is C17H30O. The Labute approximate surface area is 112 Å². The lowest BCUT2D eigenvalue weighted by Crippen LogP contribution is -2.48. The molecule has 104 valence electrons. The monoisotopic (exact) mass is 250 g/mol. The van der Waals surface area contributed by atoms with E-state index >= 15 is 0 Å². The topological polar surface area (TPSA) is 20.2 Å². The molecule has 5 atom stereocenters. The molecule has 2 bridgehead atoms. The second-order valence-corrected chi connectivity index (χ2v) is 8.43. The molecule has 3 rings (SSSR count). The van der Waals surface area contributed by atoms with Crippen LogP contribution in [-0.2, 0) is 0 Å². The Hall–Kier alpha value is -0.0400. The minimum absolute atomic E-state index is 0.0526. The quantitative estimate of drug-likeness (QED) is 0.732. The molecule has 1 heteroatoms. The number of aliphatic hydroxyl groups excluding tert-OH is 1. The predicted octanol–water partition coefficient (Wildman–Crippen LogP) is 4.39. The van der Waals surface area contributed by atoms with Crippen LogP contribution in [0.15, 0.2) is 0 Å². The molecule has 2 unspecified atom stereocenters. The van der Waals surface area contributed by atoms with Crippen molar-refractivity contribution in [3.63, 3.8) is 0 Å². The highest BCUT2D eigenvalue weighted by Gasteiger charge is 2.65. The number of fused-ring (bicyclic) bond motifs is 2. The molecule has 0 aromatic carbocycles. The van der Waals surface area contributed by atoms with Gasteiger partial charge >= 0.3 is 0 Å². The van der Waals surface area contributed by atoms with Gasteiger partial charge in [-0.05, 0) is 60.2 Å². The van der Waals surface area contributed by atoms with Gasteiger partial charge in [0, 0.05) is 0 Å². The van der Waals surface area contributed by atoms with Gasteiger partial charge in [0.15, 0.2) is 0 Å². The summed E-state index contributed by atoms with van der Waals surface area (Å²) in [6, 6.07) is 0. The Kier molecular flexibility index (Phi) is 2.70. The molecule has 0 aromatic heterocycles. The molecule has 0 amide bonds. The zero-order chi connectivity index (χ0) is 13.2. The van der Waals surface area contributed by atoms with Crippen molar-refractivity contribution in [2.75, 3.05) is 0 Å². The highest BCUT2D eigenvalue weighted by Crippen LogP contribution is 2.72. The lowest BCUT2D eigenvalue weighted by Gasteiger charge is -2.52. The van der Waals surface area contributed by atoms with Crippen LogP contribution in [-0.4, -0.2) is 11.2 Å². The van der Waals surface area contributed by atoms with E-state index in [2.05, 4.69) is 27.7 Å².